The zero-order valence-electron chi connectivity index (χ0n) is 14.4. The Morgan fingerprint density at radius 3 is 2.85 bits per heavy atom. The molecule has 142 valence electrons. The number of rotatable bonds is 5. The summed E-state index contributed by atoms with van der Waals surface area (Å²) in [6.45, 7) is 0.296. The molecule has 1 unspecified atom stereocenters. The van der Waals surface area contributed by atoms with Crippen LogP contribution in [0.2, 0.25) is 0 Å². The van der Waals surface area contributed by atoms with E-state index in [-0.39, 0.29) is 31.2 Å². The van der Waals surface area contributed by atoms with E-state index in [0.717, 1.165) is 0 Å². The third kappa shape index (κ3) is 3.47. The van der Waals surface area contributed by atoms with Crippen molar-refractivity contribution in [1.29, 1.82) is 5.26 Å². The normalized spacial score (nSPS) is 31.2. The summed E-state index contributed by atoms with van der Waals surface area (Å²) >= 11 is -0.766. The largest absolute Gasteiger partial charge is 0.616 e. The molecule has 2 saturated heterocycles. The van der Waals surface area contributed by atoms with Gasteiger partial charge in [0, 0.05) is 17.8 Å². The van der Waals surface area contributed by atoms with Crippen LogP contribution < -0.4 is 10.2 Å². The predicted octanol–water partition coefficient (Wildman–Crippen LogP) is 1.27. The van der Waals surface area contributed by atoms with Crippen molar-refractivity contribution in [1.82, 2.24) is 5.32 Å². The van der Waals surface area contributed by atoms with E-state index in [1.165, 1.54) is 11.0 Å². The number of carbonyl (C=O) groups is 2. The number of hydrogen-bond acceptors (Lipinski definition) is 5. The van der Waals surface area contributed by atoms with Gasteiger partial charge < -0.3 is 14.6 Å². The van der Waals surface area contributed by atoms with Gasteiger partial charge in [-0.1, -0.05) is 17.2 Å². The summed E-state index contributed by atoms with van der Waals surface area (Å²) in [4.78, 5) is 24.7. The van der Waals surface area contributed by atoms with E-state index in [2.05, 4.69) is 5.32 Å². The lowest BCUT2D eigenvalue weighted by Gasteiger charge is -2.15. The van der Waals surface area contributed by atoms with Crippen molar-refractivity contribution in [3.05, 3.63) is 29.6 Å². The zero-order valence-corrected chi connectivity index (χ0v) is 15.2. The van der Waals surface area contributed by atoms with Gasteiger partial charge in [0.15, 0.2) is 0 Å². The number of halogens is 1. The molecule has 1 aromatic carbocycles. The Bertz CT molecular complexity index is 817. The zero-order chi connectivity index (χ0) is 19.1. The van der Waals surface area contributed by atoms with Crippen LogP contribution in [0.5, 0.6) is 0 Å². The van der Waals surface area contributed by atoms with Gasteiger partial charge in [0.05, 0.1) is 24.8 Å². The van der Waals surface area contributed by atoms with Crippen molar-refractivity contribution >= 4 is 28.9 Å². The number of benzene rings is 1. The monoisotopic (exact) mass is 391 g/mol. The Morgan fingerprint density at radius 2 is 2.19 bits per heavy atom. The van der Waals surface area contributed by atoms with E-state index in [1.54, 1.807) is 18.2 Å². The first kappa shape index (κ1) is 18.1. The van der Waals surface area contributed by atoms with Gasteiger partial charge in [-0.3, -0.25) is 9.69 Å². The molecule has 0 aromatic heterocycles. The maximum absolute atomic E-state index is 14.6. The van der Waals surface area contributed by atoms with Crippen LogP contribution in [0.3, 0.4) is 0 Å². The van der Waals surface area contributed by atoms with E-state index in [0.29, 0.717) is 34.6 Å². The minimum Gasteiger partial charge on any atom is -0.616 e. The molecule has 4 rings (SSSR count). The van der Waals surface area contributed by atoms with Crippen LogP contribution in [0.4, 0.5) is 14.9 Å². The van der Waals surface area contributed by atoms with Crippen molar-refractivity contribution in [2.75, 3.05) is 29.5 Å². The summed E-state index contributed by atoms with van der Waals surface area (Å²) < 4.78 is 31.3. The average molecular weight is 391 g/mol. The van der Waals surface area contributed by atoms with Gasteiger partial charge in [-0.25, -0.2) is 9.18 Å². The molecule has 9 heteroatoms. The van der Waals surface area contributed by atoms with Crippen LogP contribution in [0.15, 0.2) is 18.2 Å². The highest BCUT2D eigenvalue weighted by Crippen LogP contribution is 2.59. The third-order valence-electron chi connectivity index (χ3n) is 5.38. The molecule has 27 heavy (non-hydrogen) atoms. The highest BCUT2D eigenvalue weighted by Gasteiger charge is 2.60. The first-order valence-electron chi connectivity index (χ1n) is 8.74. The second-order valence-corrected chi connectivity index (χ2v) is 8.63. The van der Waals surface area contributed by atoms with Gasteiger partial charge >= 0.3 is 6.09 Å². The number of fused-ring (bicyclic) bond motifs is 1. The quantitative estimate of drug-likeness (QED) is 0.761. The Labute approximate surface area is 158 Å². The number of anilines is 1. The molecule has 0 bridgehead atoms. The first-order valence-corrected chi connectivity index (χ1v) is 10.2. The van der Waals surface area contributed by atoms with Crippen LogP contribution >= 0.6 is 0 Å². The van der Waals surface area contributed by atoms with Gasteiger partial charge in [-0.2, -0.15) is 5.26 Å². The summed E-state index contributed by atoms with van der Waals surface area (Å²) in [5, 5.41) is 11.0. The van der Waals surface area contributed by atoms with Crippen LogP contribution in [0.1, 0.15) is 17.9 Å². The Balaban J connectivity index is 1.39. The Morgan fingerprint density at radius 1 is 1.44 bits per heavy atom. The minimum absolute atomic E-state index is 0.103. The number of nitriles is 1. The standard InChI is InChI=1S/C18H18FN3O4S/c19-15-5-10(1-2-12(15)17-13-8-27(25)9-14(13)17)22-7-11(26-18(22)24)6-21-16(23)3-4-20/h1-2,5,11,13-14,17H,3,6-9H2,(H,21,23)/t11-,13-,14+,17+,27?/m0/s1. The Kier molecular flexibility index (Phi) is 4.70. The number of cyclic esters (lactones) is 1. The number of nitrogens with zero attached hydrogens (tertiary/aromatic N) is 2. The fraction of sp³-hybridized carbons (Fsp3) is 0.500. The maximum Gasteiger partial charge on any atom is 0.414 e. The van der Waals surface area contributed by atoms with E-state index >= 15 is 0 Å². The highest BCUT2D eigenvalue weighted by molar-refractivity contribution is 7.91. The fourth-order valence-electron chi connectivity index (χ4n) is 4.01. The molecule has 1 N–H and O–H groups in total. The number of amides is 2. The molecule has 2 aliphatic heterocycles. The van der Waals surface area contributed by atoms with Crippen LogP contribution in [-0.4, -0.2) is 47.3 Å². The predicted molar refractivity (Wildman–Crippen MR) is 94.9 cm³/mol. The third-order valence-corrected chi connectivity index (χ3v) is 6.90. The molecule has 0 radical (unpaired) electrons. The Hall–Kier alpha value is -2.31. The second kappa shape index (κ2) is 7.02. The summed E-state index contributed by atoms with van der Waals surface area (Å²) in [6, 6.07) is 6.47. The topological polar surface area (TPSA) is 105 Å². The highest BCUT2D eigenvalue weighted by atomic mass is 32.2. The minimum atomic E-state index is -0.766. The van der Waals surface area contributed by atoms with E-state index < -0.39 is 29.3 Å². The lowest BCUT2D eigenvalue weighted by Crippen LogP contribution is -2.34. The molecule has 7 nitrogen and oxygen atoms in total. The number of ether oxygens (including phenoxy) is 1. The van der Waals surface area contributed by atoms with Crippen molar-refractivity contribution < 1.29 is 23.3 Å². The molecule has 5 atom stereocenters. The van der Waals surface area contributed by atoms with E-state index in [4.69, 9.17) is 10.00 Å². The van der Waals surface area contributed by atoms with E-state index in [9.17, 15) is 18.5 Å². The van der Waals surface area contributed by atoms with E-state index in [1.807, 2.05) is 0 Å². The van der Waals surface area contributed by atoms with Gasteiger partial charge in [0.2, 0.25) is 5.91 Å². The summed E-state index contributed by atoms with van der Waals surface area (Å²) in [6.07, 6.45) is -1.41. The summed E-state index contributed by atoms with van der Waals surface area (Å²) in [5.74, 6) is 1.25. The van der Waals surface area contributed by atoms with Crippen LogP contribution in [0, 0.1) is 29.0 Å². The van der Waals surface area contributed by atoms with Crippen LogP contribution in [0.25, 0.3) is 0 Å². The van der Waals surface area contributed by atoms with Gasteiger partial charge in [0.1, 0.15) is 29.8 Å². The molecule has 1 aromatic rings. The van der Waals surface area contributed by atoms with Crippen molar-refractivity contribution in [3.63, 3.8) is 0 Å². The van der Waals surface area contributed by atoms with Crippen LogP contribution in [-0.2, 0) is 20.7 Å². The average Bonchev–Trinajstić information content (AvgIpc) is 2.95. The SMILES string of the molecule is N#CCC(=O)NC[C@H]1CN(c2ccc([C@H]3[C@@H]4C[S+]([O-])C[C@@H]43)c(F)c2)C(=O)O1. The summed E-state index contributed by atoms with van der Waals surface area (Å²) in [7, 11) is 0. The molecular weight excluding hydrogens is 373 g/mol. The van der Waals surface area contributed by atoms with Crippen molar-refractivity contribution in [2.24, 2.45) is 11.8 Å². The molecular formula is C18H18FN3O4S. The van der Waals surface area contributed by atoms with Crippen molar-refractivity contribution in [2.45, 2.75) is 18.4 Å². The molecule has 2 heterocycles. The number of hydrogen-bond donors (Lipinski definition) is 1. The number of carbonyl (C=O) groups excluding carboxylic acids is 2. The first-order chi connectivity index (χ1) is 13.0. The van der Waals surface area contributed by atoms with Crippen molar-refractivity contribution in [3.8, 4) is 6.07 Å². The molecule has 2 amide bonds. The molecule has 3 fully saturated rings. The van der Waals surface area contributed by atoms with Gasteiger partial charge in [-0.15, -0.1) is 0 Å². The smallest absolute Gasteiger partial charge is 0.414 e. The molecule has 1 saturated carbocycles. The fourth-order valence-corrected chi connectivity index (χ4v) is 5.92. The molecule has 1 aliphatic carbocycles. The second-order valence-electron chi connectivity index (χ2n) is 7.09. The summed E-state index contributed by atoms with van der Waals surface area (Å²) in [5.41, 5.74) is 1.03. The maximum atomic E-state index is 14.6. The lowest BCUT2D eigenvalue weighted by molar-refractivity contribution is -0.120. The molecule has 3 aliphatic rings. The van der Waals surface area contributed by atoms with Gasteiger partial charge in [0.25, 0.3) is 0 Å². The molecule has 0 spiro atoms. The van der Waals surface area contributed by atoms with Gasteiger partial charge in [-0.05, 0) is 17.7 Å². The lowest BCUT2D eigenvalue weighted by atomic mass is 10.1. The number of nitrogens with one attached hydrogen (secondary N) is 1.